The molecule has 0 radical (unpaired) electrons. The maximum atomic E-state index is 12.5. The quantitative estimate of drug-likeness (QED) is 0.484. The molecule has 1 atom stereocenters. The summed E-state index contributed by atoms with van der Waals surface area (Å²) in [5.41, 5.74) is 5.69. The van der Waals surface area contributed by atoms with Crippen molar-refractivity contribution >= 4 is 40.9 Å². The molecule has 0 saturated carbocycles. The lowest BCUT2D eigenvalue weighted by molar-refractivity contribution is -0.118. The van der Waals surface area contributed by atoms with Crippen LogP contribution in [0.3, 0.4) is 0 Å². The van der Waals surface area contributed by atoms with E-state index in [9.17, 15) is 9.59 Å². The number of hydrogen-bond acceptors (Lipinski definition) is 6. The third kappa shape index (κ3) is 6.21. The lowest BCUT2D eigenvalue weighted by atomic mass is 10.2. The second-order valence-electron chi connectivity index (χ2n) is 6.46. The van der Waals surface area contributed by atoms with Crippen LogP contribution in [0, 0.1) is 5.92 Å². The summed E-state index contributed by atoms with van der Waals surface area (Å²) in [7, 11) is 0. The second-order valence-corrected chi connectivity index (χ2v) is 8.13. The first-order valence-corrected chi connectivity index (χ1v) is 9.82. The van der Waals surface area contributed by atoms with Crippen molar-refractivity contribution in [3.05, 3.63) is 29.3 Å². The molecule has 2 heterocycles. The monoisotopic (exact) mass is 410 g/mol. The van der Waals surface area contributed by atoms with Crippen LogP contribution in [0.15, 0.2) is 23.5 Å². The Hall–Kier alpha value is -2.13. The van der Waals surface area contributed by atoms with Crippen LogP contribution in [0.2, 0.25) is 5.15 Å². The van der Waals surface area contributed by atoms with Gasteiger partial charge >= 0.3 is 0 Å². The van der Waals surface area contributed by atoms with Crippen molar-refractivity contribution in [1.82, 2.24) is 19.7 Å². The number of nitrogens with zero attached hydrogens (tertiary/aromatic N) is 4. The normalized spacial score (nSPS) is 12.2. The summed E-state index contributed by atoms with van der Waals surface area (Å²) in [5, 5.41) is 11.6. The maximum absolute atomic E-state index is 12.5. The number of anilines is 1. The van der Waals surface area contributed by atoms with E-state index in [4.69, 9.17) is 17.3 Å². The van der Waals surface area contributed by atoms with Gasteiger partial charge in [0.1, 0.15) is 5.82 Å². The highest BCUT2D eigenvalue weighted by molar-refractivity contribution is 8.00. The lowest BCUT2D eigenvalue weighted by Gasteiger charge is -2.15. The summed E-state index contributed by atoms with van der Waals surface area (Å²) < 4.78 is 1.94. The molecule has 0 saturated heterocycles. The number of amides is 2. The number of nitrogens with one attached hydrogen (secondary N) is 1. The van der Waals surface area contributed by atoms with Gasteiger partial charge in [-0.2, -0.15) is 0 Å². The molecule has 0 unspecified atom stereocenters. The van der Waals surface area contributed by atoms with Crippen LogP contribution < -0.4 is 11.1 Å². The molecule has 2 rings (SSSR count). The highest BCUT2D eigenvalue weighted by Crippen LogP contribution is 2.26. The molecular formula is C17H23ClN6O2S. The van der Waals surface area contributed by atoms with Crippen LogP contribution in [0.25, 0.3) is 0 Å². The van der Waals surface area contributed by atoms with Gasteiger partial charge in [0.25, 0.3) is 0 Å². The average Bonchev–Trinajstić information content (AvgIpc) is 2.96. The fraction of sp³-hybridized carbons (Fsp3) is 0.471. The topological polar surface area (TPSA) is 116 Å². The summed E-state index contributed by atoms with van der Waals surface area (Å²) in [5.74, 6) is 0.441. The molecule has 10 heteroatoms. The van der Waals surface area contributed by atoms with E-state index in [0.29, 0.717) is 35.6 Å². The predicted octanol–water partition coefficient (Wildman–Crippen LogP) is 2.52. The van der Waals surface area contributed by atoms with Crippen LogP contribution in [0.5, 0.6) is 0 Å². The van der Waals surface area contributed by atoms with E-state index in [-0.39, 0.29) is 23.4 Å². The van der Waals surface area contributed by atoms with Crippen molar-refractivity contribution in [1.29, 1.82) is 0 Å². The lowest BCUT2D eigenvalue weighted by Crippen LogP contribution is -2.23. The van der Waals surface area contributed by atoms with E-state index in [1.165, 1.54) is 11.8 Å². The van der Waals surface area contributed by atoms with Crippen molar-refractivity contribution in [3.8, 4) is 0 Å². The molecule has 0 aliphatic heterocycles. The molecule has 0 spiro atoms. The molecule has 0 bridgehead atoms. The summed E-state index contributed by atoms with van der Waals surface area (Å²) >= 11 is 7.28. The predicted molar refractivity (Wildman–Crippen MR) is 106 cm³/mol. The Bertz CT molecular complexity index is 810. The number of thioether (sulfide) groups is 1. The Kier molecular flexibility index (Phi) is 7.61. The fourth-order valence-electron chi connectivity index (χ4n) is 2.30. The zero-order valence-electron chi connectivity index (χ0n) is 15.5. The number of carbonyl (C=O) groups is 2. The molecule has 0 aliphatic carbocycles. The molecule has 0 aromatic carbocycles. The van der Waals surface area contributed by atoms with E-state index in [2.05, 4.69) is 34.3 Å². The van der Waals surface area contributed by atoms with Crippen molar-refractivity contribution < 1.29 is 9.59 Å². The van der Waals surface area contributed by atoms with Gasteiger partial charge in [0.15, 0.2) is 10.3 Å². The van der Waals surface area contributed by atoms with Gasteiger partial charge in [0.05, 0.1) is 10.9 Å². The average molecular weight is 411 g/mol. The number of aromatic nitrogens is 4. The standard InChI is InChI=1S/C17H23ClN6O2S/c1-10(2)9-24-14(7-6-13(19)25)22-23-17(24)27-11(3)16(26)21-12-5-4-8-20-15(12)18/h4-5,8,10-11H,6-7,9H2,1-3H3,(H2,19,25)(H,21,26)/t11-/m1/s1. The smallest absolute Gasteiger partial charge is 0.237 e. The van der Waals surface area contributed by atoms with E-state index >= 15 is 0 Å². The largest absolute Gasteiger partial charge is 0.370 e. The molecule has 0 fully saturated rings. The van der Waals surface area contributed by atoms with Crippen LogP contribution in [0.1, 0.15) is 33.0 Å². The molecule has 2 aromatic rings. The zero-order chi connectivity index (χ0) is 20.0. The molecule has 27 heavy (non-hydrogen) atoms. The Morgan fingerprint density at radius 3 is 2.70 bits per heavy atom. The van der Waals surface area contributed by atoms with Crippen molar-refractivity contribution in [2.75, 3.05) is 5.32 Å². The van der Waals surface area contributed by atoms with Crippen molar-refractivity contribution in [2.45, 2.75) is 50.6 Å². The summed E-state index contributed by atoms with van der Waals surface area (Å²) in [6.45, 7) is 6.62. The SMILES string of the molecule is CC(C)Cn1c(CCC(N)=O)nnc1S[C@H](C)C(=O)Nc1cccnc1Cl. The van der Waals surface area contributed by atoms with Gasteiger partial charge in [-0.1, -0.05) is 37.2 Å². The van der Waals surface area contributed by atoms with Gasteiger partial charge in [0.2, 0.25) is 11.8 Å². The molecule has 0 aliphatic rings. The van der Waals surface area contributed by atoms with Crippen LogP contribution in [-0.2, 0) is 22.6 Å². The van der Waals surface area contributed by atoms with Crippen molar-refractivity contribution in [2.24, 2.45) is 11.7 Å². The second kappa shape index (κ2) is 9.70. The van der Waals surface area contributed by atoms with Gasteiger partial charge in [-0.25, -0.2) is 4.98 Å². The Morgan fingerprint density at radius 1 is 1.33 bits per heavy atom. The number of pyridine rings is 1. The molecule has 8 nitrogen and oxygen atoms in total. The number of primary amides is 1. The van der Waals surface area contributed by atoms with E-state index in [0.717, 1.165) is 0 Å². The summed E-state index contributed by atoms with van der Waals surface area (Å²) in [6.07, 6.45) is 2.18. The molecule has 3 N–H and O–H groups in total. The first kappa shape index (κ1) is 21.2. The summed E-state index contributed by atoms with van der Waals surface area (Å²) in [6, 6.07) is 3.39. The zero-order valence-corrected chi connectivity index (χ0v) is 17.0. The number of hydrogen-bond donors (Lipinski definition) is 2. The van der Waals surface area contributed by atoms with Crippen molar-refractivity contribution in [3.63, 3.8) is 0 Å². The number of rotatable bonds is 9. The first-order chi connectivity index (χ1) is 12.8. The number of carbonyl (C=O) groups excluding carboxylic acids is 2. The van der Waals surface area contributed by atoms with E-state index < -0.39 is 5.25 Å². The maximum Gasteiger partial charge on any atom is 0.237 e. The third-order valence-electron chi connectivity index (χ3n) is 3.60. The van der Waals surface area contributed by atoms with Gasteiger partial charge < -0.3 is 15.6 Å². The van der Waals surface area contributed by atoms with Gasteiger partial charge in [0, 0.05) is 25.6 Å². The van der Waals surface area contributed by atoms with Crippen LogP contribution >= 0.6 is 23.4 Å². The minimum atomic E-state index is -0.430. The minimum absolute atomic E-state index is 0.205. The Balaban J connectivity index is 2.11. The van der Waals surface area contributed by atoms with Crippen LogP contribution in [0.4, 0.5) is 5.69 Å². The first-order valence-electron chi connectivity index (χ1n) is 8.56. The van der Waals surface area contributed by atoms with E-state index in [1.807, 2.05) is 4.57 Å². The fourth-order valence-corrected chi connectivity index (χ4v) is 3.34. The minimum Gasteiger partial charge on any atom is -0.370 e. The molecule has 2 amide bonds. The number of halogens is 1. The molecule has 146 valence electrons. The number of aryl methyl sites for hydroxylation is 1. The van der Waals surface area contributed by atoms with Gasteiger partial charge in [-0.3, -0.25) is 9.59 Å². The number of nitrogens with two attached hydrogens (primary N) is 1. The molecular weight excluding hydrogens is 388 g/mol. The van der Waals surface area contributed by atoms with E-state index in [1.54, 1.807) is 25.3 Å². The Labute approximate surface area is 167 Å². The highest BCUT2D eigenvalue weighted by Gasteiger charge is 2.21. The third-order valence-corrected chi connectivity index (χ3v) is 4.99. The highest BCUT2D eigenvalue weighted by atomic mass is 35.5. The van der Waals surface area contributed by atoms with Gasteiger partial charge in [-0.15, -0.1) is 10.2 Å². The Morgan fingerprint density at radius 2 is 2.07 bits per heavy atom. The van der Waals surface area contributed by atoms with Crippen LogP contribution in [-0.4, -0.2) is 36.8 Å². The van der Waals surface area contributed by atoms with Gasteiger partial charge in [-0.05, 0) is 25.0 Å². The molecule has 2 aromatic heterocycles. The summed E-state index contributed by atoms with van der Waals surface area (Å²) in [4.78, 5) is 27.5.